The molecule has 7 heteroatoms. The fourth-order valence-corrected chi connectivity index (χ4v) is 5.49. The van der Waals surface area contributed by atoms with Crippen molar-refractivity contribution in [3.05, 3.63) is 134 Å². The van der Waals surface area contributed by atoms with Crippen LogP contribution in [-0.4, -0.2) is 16.9 Å². The van der Waals surface area contributed by atoms with E-state index in [0.29, 0.717) is 11.4 Å². The molecule has 0 bridgehead atoms. The molecule has 0 aromatic heterocycles. The molecule has 0 spiro atoms. The molecule has 1 aliphatic rings. The van der Waals surface area contributed by atoms with Crippen molar-refractivity contribution in [1.29, 1.82) is 0 Å². The zero-order valence-corrected chi connectivity index (χ0v) is 23.5. The number of benzene rings is 4. The third kappa shape index (κ3) is 5.21. The maximum Gasteiger partial charge on any atom is 0.270 e. The summed E-state index contributed by atoms with van der Waals surface area (Å²) in [5, 5.41) is 0.120. The number of para-hydroxylation sites is 2. The van der Waals surface area contributed by atoms with Gasteiger partial charge in [-0.25, -0.2) is 0 Å². The molecule has 0 saturated carbocycles. The number of hydrogen-bond donors (Lipinski definition) is 0. The number of halogens is 2. The van der Waals surface area contributed by atoms with Crippen LogP contribution in [0.25, 0.3) is 6.08 Å². The fraction of sp³-hybridized carbons (Fsp3) is 0.0333. The minimum Gasteiger partial charge on any atom is -0.268 e. The monoisotopic (exact) mass is 630 g/mol. The summed E-state index contributed by atoms with van der Waals surface area (Å²) in [5.41, 5.74) is 4.22. The van der Waals surface area contributed by atoms with Crippen molar-refractivity contribution in [2.45, 2.75) is 6.42 Å². The normalized spacial score (nSPS) is 13.8. The van der Waals surface area contributed by atoms with Gasteiger partial charge in [0.2, 0.25) is 0 Å². The minimum atomic E-state index is -0.457. The third-order valence-electron chi connectivity index (χ3n) is 6.01. The number of nitrogens with zero attached hydrogens (tertiary/aromatic N) is 2. The van der Waals surface area contributed by atoms with E-state index in [9.17, 15) is 9.59 Å². The summed E-state index contributed by atoms with van der Waals surface area (Å²) in [5.74, 6) is -0.913. The predicted molar refractivity (Wildman–Crippen MR) is 160 cm³/mol. The second-order valence-electron chi connectivity index (χ2n) is 8.41. The van der Waals surface area contributed by atoms with E-state index in [-0.39, 0.29) is 10.7 Å². The largest absolute Gasteiger partial charge is 0.270 e. The second kappa shape index (κ2) is 10.9. The van der Waals surface area contributed by atoms with Gasteiger partial charge in [0.25, 0.3) is 11.8 Å². The fourth-order valence-electron chi connectivity index (χ4n) is 4.15. The molecule has 37 heavy (non-hydrogen) atoms. The number of rotatable bonds is 5. The Balaban J connectivity index is 1.54. The van der Waals surface area contributed by atoms with Gasteiger partial charge in [-0.15, -0.1) is 0 Å². The van der Waals surface area contributed by atoms with Gasteiger partial charge < -0.3 is 0 Å². The number of thiocarbonyl (C=S) groups is 1. The first-order valence-corrected chi connectivity index (χ1v) is 13.5. The standard InChI is InChI=1S/C30H20Br2N2O2S/c31-26-14-8-7-9-21(26)19-22-16-15-20(18-27(22)32)17-25-28(35)33(23-10-3-1-4-11-23)30(37)34(29(25)36)24-12-5-2-6-13-24/h1-18H,19H2. The molecular formula is C30H20Br2N2O2S. The molecule has 1 fully saturated rings. The lowest BCUT2D eigenvalue weighted by Gasteiger charge is -2.36. The zero-order chi connectivity index (χ0) is 25.9. The zero-order valence-electron chi connectivity index (χ0n) is 19.5. The molecule has 4 aromatic carbocycles. The Kier molecular flexibility index (Phi) is 7.46. The van der Waals surface area contributed by atoms with Gasteiger partial charge in [-0.05, 0) is 77.8 Å². The molecule has 1 aliphatic heterocycles. The molecule has 0 N–H and O–H groups in total. The molecule has 0 atom stereocenters. The summed E-state index contributed by atoms with van der Waals surface area (Å²) in [4.78, 5) is 30.1. The van der Waals surface area contributed by atoms with Crippen LogP contribution in [0.5, 0.6) is 0 Å². The quantitative estimate of drug-likeness (QED) is 0.130. The van der Waals surface area contributed by atoms with Crippen molar-refractivity contribution in [1.82, 2.24) is 0 Å². The number of amides is 2. The van der Waals surface area contributed by atoms with Gasteiger partial charge in [-0.1, -0.05) is 98.6 Å². The van der Waals surface area contributed by atoms with Gasteiger partial charge in [0, 0.05) is 8.95 Å². The highest BCUT2D eigenvalue weighted by atomic mass is 79.9. The molecule has 1 heterocycles. The van der Waals surface area contributed by atoms with Crippen molar-refractivity contribution < 1.29 is 9.59 Å². The first kappa shape index (κ1) is 25.3. The molecule has 5 rings (SSSR count). The maximum atomic E-state index is 13.7. The van der Waals surface area contributed by atoms with Crippen LogP contribution in [-0.2, 0) is 16.0 Å². The van der Waals surface area contributed by atoms with E-state index in [0.717, 1.165) is 32.1 Å². The molecule has 2 amide bonds. The van der Waals surface area contributed by atoms with E-state index in [1.807, 2.05) is 72.8 Å². The van der Waals surface area contributed by atoms with E-state index in [4.69, 9.17) is 12.2 Å². The highest BCUT2D eigenvalue weighted by molar-refractivity contribution is 9.10. The Bertz CT molecular complexity index is 1470. The Morgan fingerprint density at radius 3 is 1.70 bits per heavy atom. The molecule has 1 saturated heterocycles. The molecule has 4 aromatic rings. The van der Waals surface area contributed by atoms with E-state index in [2.05, 4.69) is 37.9 Å². The smallest absolute Gasteiger partial charge is 0.268 e. The Hall–Kier alpha value is -3.39. The van der Waals surface area contributed by atoms with Crippen molar-refractivity contribution in [2.75, 3.05) is 9.80 Å². The van der Waals surface area contributed by atoms with Gasteiger partial charge in [0.15, 0.2) is 5.11 Å². The summed E-state index contributed by atoms with van der Waals surface area (Å²) < 4.78 is 1.94. The number of hydrogen-bond acceptors (Lipinski definition) is 3. The van der Waals surface area contributed by atoms with Crippen LogP contribution in [0, 0.1) is 0 Å². The second-order valence-corrected chi connectivity index (χ2v) is 10.5. The van der Waals surface area contributed by atoms with Gasteiger partial charge >= 0.3 is 0 Å². The summed E-state index contributed by atoms with van der Waals surface area (Å²) in [6.45, 7) is 0. The topological polar surface area (TPSA) is 40.6 Å². The first-order chi connectivity index (χ1) is 17.9. The molecule has 0 radical (unpaired) electrons. The van der Waals surface area contributed by atoms with Crippen LogP contribution in [0.2, 0.25) is 0 Å². The van der Waals surface area contributed by atoms with Crippen LogP contribution in [0.4, 0.5) is 11.4 Å². The van der Waals surface area contributed by atoms with Crippen molar-refractivity contribution in [2.24, 2.45) is 0 Å². The molecule has 0 aliphatic carbocycles. The maximum absolute atomic E-state index is 13.7. The van der Waals surface area contributed by atoms with Gasteiger partial charge in [0.05, 0.1) is 11.4 Å². The third-order valence-corrected chi connectivity index (χ3v) is 7.88. The van der Waals surface area contributed by atoms with Gasteiger partial charge in [-0.2, -0.15) is 0 Å². The average molecular weight is 632 g/mol. The van der Waals surface area contributed by atoms with Crippen molar-refractivity contribution in [3.8, 4) is 0 Å². The number of carbonyl (C=O) groups excluding carboxylic acids is 2. The predicted octanol–water partition coefficient (Wildman–Crippen LogP) is 7.55. The molecule has 4 nitrogen and oxygen atoms in total. The van der Waals surface area contributed by atoms with Gasteiger partial charge in [-0.3, -0.25) is 19.4 Å². The summed E-state index contributed by atoms with van der Waals surface area (Å²) >= 11 is 12.9. The Labute approximate surface area is 237 Å². The van der Waals surface area contributed by atoms with Gasteiger partial charge in [0.1, 0.15) is 5.57 Å². The lowest BCUT2D eigenvalue weighted by molar-refractivity contribution is -0.120. The van der Waals surface area contributed by atoms with Crippen LogP contribution >= 0.6 is 44.1 Å². The SMILES string of the molecule is O=C1C(=Cc2ccc(Cc3ccccc3Br)c(Br)c2)C(=O)N(c2ccccc2)C(=S)N1c1ccccc1. The summed E-state index contributed by atoms with van der Waals surface area (Å²) in [6, 6.07) is 32.2. The highest BCUT2D eigenvalue weighted by Gasteiger charge is 2.41. The minimum absolute atomic E-state index is 0.0340. The Morgan fingerprint density at radius 1 is 0.649 bits per heavy atom. The first-order valence-electron chi connectivity index (χ1n) is 11.5. The lowest BCUT2D eigenvalue weighted by atomic mass is 10.0. The van der Waals surface area contributed by atoms with Crippen molar-refractivity contribution in [3.63, 3.8) is 0 Å². The lowest BCUT2D eigenvalue weighted by Crippen LogP contribution is -2.56. The van der Waals surface area contributed by atoms with Crippen LogP contribution in [0.3, 0.4) is 0 Å². The van der Waals surface area contributed by atoms with Crippen LogP contribution < -0.4 is 9.80 Å². The summed E-state index contributed by atoms with van der Waals surface area (Å²) in [6.07, 6.45) is 2.36. The van der Waals surface area contributed by atoms with E-state index < -0.39 is 11.8 Å². The van der Waals surface area contributed by atoms with Crippen molar-refractivity contribution >= 4 is 78.5 Å². The molecule has 182 valence electrons. The number of carbonyl (C=O) groups is 2. The number of anilines is 2. The molecule has 0 unspecified atom stereocenters. The highest BCUT2D eigenvalue weighted by Crippen LogP contribution is 2.31. The van der Waals surface area contributed by atoms with E-state index in [1.165, 1.54) is 9.80 Å². The van der Waals surface area contributed by atoms with E-state index in [1.54, 1.807) is 30.3 Å². The van der Waals surface area contributed by atoms with Crippen LogP contribution in [0.1, 0.15) is 16.7 Å². The Morgan fingerprint density at radius 2 is 1.16 bits per heavy atom. The van der Waals surface area contributed by atoms with E-state index >= 15 is 0 Å². The van der Waals surface area contributed by atoms with Crippen LogP contribution in [0.15, 0.2) is 118 Å². The molecular weight excluding hydrogens is 612 g/mol. The summed E-state index contributed by atoms with van der Waals surface area (Å²) in [7, 11) is 0. The average Bonchev–Trinajstić information content (AvgIpc) is 2.90.